The van der Waals surface area contributed by atoms with E-state index in [4.69, 9.17) is 13.8 Å². The maximum Gasteiger partial charge on any atom is 0.338 e. The zero-order chi connectivity index (χ0) is 32.0. The molecule has 11 nitrogen and oxygen atoms in total. The molecule has 0 spiro atoms. The fourth-order valence-electron chi connectivity index (χ4n) is 4.17. The molecule has 2 unspecified atom stereocenters. The van der Waals surface area contributed by atoms with Crippen molar-refractivity contribution in [3.8, 4) is 0 Å². The van der Waals surface area contributed by atoms with Gasteiger partial charge in [-0.2, -0.15) is 0 Å². The Balaban J connectivity index is 1.46. The molecule has 3 aromatic rings. The minimum atomic E-state index is -3.21. The van der Waals surface area contributed by atoms with Crippen LogP contribution in [0, 0.1) is 3.57 Å². The number of nitrogens with one attached hydrogen (secondary N) is 3. The fraction of sp³-hybridized carbons (Fsp3) is 0.433. The molecule has 0 fully saturated rings. The van der Waals surface area contributed by atoms with Gasteiger partial charge in [0.15, 0.2) is 0 Å². The van der Waals surface area contributed by atoms with E-state index in [1.165, 1.54) is 12.7 Å². The molecular weight excluding hydrogens is 715 g/mol. The molecule has 240 valence electrons. The van der Waals surface area contributed by atoms with E-state index >= 15 is 0 Å². The molecule has 0 aliphatic carbocycles. The summed E-state index contributed by atoms with van der Waals surface area (Å²) in [4.78, 5) is 21.9. The molecule has 0 bridgehead atoms. The molecule has 44 heavy (non-hydrogen) atoms. The summed E-state index contributed by atoms with van der Waals surface area (Å²) in [6.45, 7) is 11.2. The molecule has 0 saturated carbocycles. The van der Waals surface area contributed by atoms with Crippen molar-refractivity contribution in [2.75, 3.05) is 52.7 Å². The molecule has 1 aromatic carbocycles. The first-order chi connectivity index (χ1) is 21.0. The predicted octanol–water partition coefficient (Wildman–Crippen LogP) is 4.05. The van der Waals surface area contributed by atoms with E-state index in [2.05, 4.69) is 48.5 Å². The SMILES string of the molecule is CCOP(C)(=O)c1cc(I)cc(CNCCNCCNCc2cc(C(=O)OCc3ccccc3)cc(P(C)(=O)OCC)n2)n1. The average molecular weight is 758 g/mol. The summed E-state index contributed by atoms with van der Waals surface area (Å²) in [5.41, 5.74) is 3.27. The van der Waals surface area contributed by atoms with Crippen molar-refractivity contribution in [3.63, 3.8) is 0 Å². The first-order valence-electron chi connectivity index (χ1n) is 14.5. The monoisotopic (exact) mass is 757 g/mol. The van der Waals surface area contributed by atoms with Gasteiger partial charge in [-0.3, -0.25) is 9.13 Å². The summed E-state index contributed by atoms with van der Waals surface area (Å²) in [6, 6.07) is 16.3. The highest BCUT2D eigenvalue weighted by atomic mass is 127. The van der Waals surface area contributed by atoms with Gasteiger partial charge in [0.25, 0.3) is 0 Å². The van der Waals surface area contributed by atoms with Gasteiger partial charge in [-0.05, 0) is 66.3 Å². The Hall–Kier alpha value is -2.02. The Labute approximate surface area is 273 Å². The highest BCUT2D eigenvalue weighted by molar-refractivity contribution is 14.1. The minimum Gasteiger partial charge on any atom is -0.457 e. The summed E-state index contributed by atoms with van der Waals surface area (Å²) in [5, 5.41) is 10.0. The zero-order valence-corrected chi connectivity index (χ0v) is 29.6. The van der Waals surface area contributed by atoms with Gasteiger partial charge in [-0.25, -0.2) is 14.8 Å². The maximum absolute atomic E-state index is 13.1. The van der Waals surface area contributed by atoms with Crippen LogP contribution in [0.25, 0.3) is 0 Å². The van der Waals surface area contributed by atoms with Crippen LogP contribution in [0.2, 0.25) is 0 Å². The van der Waals surface area contributed by atoms with E-state index in [1.54, 1.807) is 25.7 Å². The number of aromatic nitrogens is 2. The van der Waals surface area contributed by atoms with Crippen molar-refractivity contribution in [1.29, 1.82) is 0 Å². The Morgan fingerprint density at radius 1 is 0.773 bits per heavy atom. The third-order valence-electron chi connectivity index (χ3n) is 6.30. The van der Waals surface area contributed by atoms with Gasteiger partial charge in [-0.15, -0.1) is 0 Å². The van der Waals surface area contributed by atoms with E-state index in [-0.39, 0.29) is 24.2 Å². The van der Waals surface area contributed by atoms with Crippen molar-refractivity contribution < 1.29 is 27.7 Å². The number of rotatable bonds is 19. The van der Waals surface area contributed by atoms with Gasteiger partial charge < -0.3 is 29.7 Å². The van der Waals surface area contributed by atoms with Crippen LogP contribution in [0.15, 0.2) is 54.6 Å². The summed E-state index contributed by atoms with van der Waals surface area (Å²) < 4.78 is 43.2. The molecule has 2 heterocycles. The smallest absolute Gasteiger partial charge is 0.338 e. The van der Waals surface area contributed by atoms with E-state index in [1.807, 2.05) is 43.3 Å². The number of carbonyl (C=O) groups is 1. The highest BCUT2D eigenvalue weighted by Gasteiger charge is 2.24. The number of halogens is 1. The Bertz CT molecular complexity index is 1460. The summed E-state index contributed by atoms with van der Waals surface area (Å²) in [6.07, 6.45) is 0. The van der Waals surface area contributed by atoms with Crippen molar-refractivity contribution >= 4 is 54.2 Å². The quantitative estimate of drug-likeness (QED) is 0.0707. The Kier molecular flexibility index (Phi) is 15.1. The number of pyridine rings is 2. The van der Waals surface area contributed by atoms with Crippen LogP contribution in [0.3, 0.4) is 0 Å². The molecule has 2 atom stereocenters. The first-order valence-corrected chi connectivity index (χ1v) is 19.7. The highest BCUT2D eigenvalue weighted by Crippen LogP contribution is 2.41. The van der Waals surface area contributed by atoms with Crippen molar-refractivity contribution in [3.05, 3.63) is 80.7 Å². The normalized spacial score (nSPS) is 14.1. The van der Waals surface area contributed by atoms with E-state index in [9.17, 15) is 13.9 Å². The topological polar surface area (TPSA) is 141 Å². The summed E-state index contributed by atoms with van der Waals surface area (Å²) >= 11 is 2.20. The number of hydrogen-bond acceptors (Lipinski definition) is 11. The van der Waals surface area contributed by atoms with Gasteiger partial charge in [0.05, 0.1) is 30.2 Å². The van der Waals surface area contributed by atoms with E-state index in [0.717, 1.165) is 27.9 Å². The maximum atomic E-state index is 13.1. The molecule has 0 radical (unpaired) electrons. The summed E-state index contributed by atoms with van der Waals surface area (Å²) in [7, 11) is -6.14. The fourth-order valence-corrected chi connectivity index (χ4v) is 7.68. The van der Waals surface area contributed by atoms with Crippen molar-refractivity contribution in [2.24, 2.45) is 0 Å². The molecule has 3 N–H and O–H groups in total. The van der Waals surface area contributed by atoms with Crippen LogP contribution < -0.4 is 26.8 Å². The molecule has 0 aliphatic heterocycles. The lowest BCUT2D eigenvalue weighted by molar-refractivity contribution is 0.0472. The number of nitrogens with zero attached hydrogens (tertiary/aromatic N) is 2. The van der Waals surface area contributed by atoms with Crippen LogP contribution in [0.5, 0.6) is 0 Å². The van der Waals surface area contributed by atoms with Crippen LogP contribution in [0.1, 0.15) is 41.2 Å². The van der Waals surface area contributed by atoms with Gasteiger partial charge in [-0.1, -0.05) is 30.3 Å². The number of ether oxygens (including phenoxy) is 1. The average Bonchev–Trinajstić information content (AvgIpc) is 2.99. The van der Waals surface area contributed by atoms with Gasteiger partial charge in [0.1, 0.15) is 17.5 Å². The lowest BCUT2D eigenvalue weighted by atomic mass is 10.2. The molecule has 0 aliphatic rings. The zero-order valence-electron chi connectivity index (χ0n) is 25.7. The third-order valence-corrected chi connectivity index (χ3v) is 10.5. The van der Waals surface area contributed by atoms with Crippen molar-refractivity contribution in [2.45, 2.75) is 33.5 Å². The molecule has 14 heteroatoms. The summed E-state index contributed by atoms with van der Waals surface area (Å²) in [5.74, 6) is -0.515. The lowest BCUT2D eigenvalue weighted by Gasteiger charge is -2.15. The van der Waals surface area contributed by atoms with Gasteiger partial charge in [0.2, 0.25) is 14.7 Å². The molecular formula is C30H42IN5O6P2. The standard InChI is InChI=1S/C30H42IN5O6P2/c1-5-41-43(3,38)28-17-24(30(37)40-22-23-10-8-7-9-11-23)16-26(35-28)20-33-14-12-32-13-15-34-21-27-18-25(31)19-29(36-27)44(4,39)42-6-2/h7-11,16-19,32-34H,5-6,12-15,20-22H2,1-4H3. The molecule has 3 rings (SSSR count). The number of esters is 1. The number of hydrogen-bond donors (Lipinski definition) is 3. The Morgan fingerprint density at radius 3 is 1.86 bits per heavy atom. The van der Waals surface area contributed by atoms with Crippen molar-refractivity contribution in [1.82, 2.24) is 25.9 Å². The number of carbonyl (C=O) groups excluding carboxylic acids is 1. The van der Waals surface area contributed by atoms with Crippen LogP contribution in [-0.4, -0.2) is 68.7 Å². The second-order valence-electron chi connectivity index (χ2n) is 10.0. The largest absolute Gasteiger partial charge is 0.457 e. The second-order valence-corrected chi connectivity index (χ2v) is 16.1. The second kappa shape index (κ2) is 18.2. The van der Waals surface area contributed by atoms with Crippen LogP contribution in [0.4, 0.5) is 0 Å². The first kappa shape index (κ1) is 36.4. The van der Waals surface area contributed by atoms with E-state index in [0.29, 0.717) is 43.9 Å². The minimum absolute atomic E-state index is 0.137. The van der Waals surface area contributed by atoms with Crippen LogP contribution in [-0.2, 0) is 42.6 Å². The molecule has 2 aromatic heterocycles. The number of benzene rings is 1. The van der Waals surface area contributed by atoms with E-state index < -0.39 is 20.7 Å². The van der Waals surface area contributed by atoms with Gasteiger partial charge >= 0.3 is 5.97 Å². The van der Waals surface area contributed by atoms with Gasteiger partial charge in [0, 0.05) is 56.2 Å². The lowest BCUT2D eigenvalue weighted by Crippen LogP contribution is -2.33. The third kappa shape index (κ3) is 12.1. The predicted molar refractivity (Wildman–Crippen MR) is 183 cm³/mol. The molecule has 0 saturated heterocycles. The Morgan fingerprint density at radius 2 is 1.30 bits per heavy atom. The van der Waals surface area contributed by atoms with Crippen LogP contribution >= 0.6 is 37.3 Å². The molecule has 0 amide bonds.